The number of nitrogens with zero attached hydrogens (tertiary/aromatic N) is 4. The Morgan fingerprint density at radius 3 is 3.00 bits per heavy atom. The summed E-state index contributed by atoms with van der Waals surface area (Å²) in [5.41, 5.74) is 14.0. The van der Waals surface area contributed by atoms with Gasteiger partial charge in [0.05, 0.1) is 11.5 Å². The van der Waals surface area contributed by atoms with Crippen molar-refractivity contribution in [2.45, 2.75) is 57.8 Å². The molecule has 20 heavy (non-hydrogen) atoms. The number of nitrogens with two attached hydrogens (primary N) is 2. The molecule has 6 heteroatoms. The lowest BCUT2D eigenvalue weighted by Crippen LogP contribution is -2.40. The Morgan fingerprint density at radius 1 is 1.40 bits per heavy atom. The van der Waals surface area contributed by atoms with E-state index in [2.05, 4.69) is 19.9 Å². The molecule has 1 aromatic rings. The quantitative estimate of drug-likeness (QED) is 0.621. The predicted molar refractivity (Wildman–Crippen MR) is 78.5 cm³/mol. The van der Waals surface area contributed by atoms with Crippen LogP contribution in [-0.2, 0) is 13.1 Å². The third-order valence-electron chi connectivity index (χ3n) is 4.15. The van der Waals surface area contributed by atoms with E-state index in [0.29, 0.717) is 23.9 Å². The summed E-state index contributed by atoms with van der Waals surface area (Å²) in [5.74, 6) is 0.948. The summed E-state index contributed by atoms with van der Waals surface area (Å²) < 4.78 is 0. The van der Waals surface area contributed by atoms with Gasteiger partial charge in [0.25, 0.3) is 5.95 Å². The average Bonchev–Trinajstić information content (AvgIpc) is 2.81. The Kier molecular flexibility index (Phi) is 3.67. The summed E-state index contributed by atoms with van der Waals surface area (Å²) in [6, 6.07) is 0.930. The average molecular weight is 274 g/mol. The number of fused-ring (bicyclic) bond motifs is 1. The number of hydrogen-bond acceptors (Lipinski definition) is 5. The Morgan fingerprint density at radius 2 is 2.25 bits per heavy atom. The number of aliphatic imine (C=N–C) groups is 1. The van der Waals surface area contributed by atoms with Crippen LogP contribution < -0.4 is 11.5 Å². The van der Waals surface area contributed by atoms with Crippen LogP contribution in [0.5, 0.6) is 0 Å². The summed E-state index contributed by atoms with van der Waals surface area (Å²) in [7, 11) is 0. The van der Waals surface area contributed by atoms with Gasteiger partial charge in [-0.3, -0.25) is 4.90 Å². The smallest absolute Gasteiger partial charge is 0.251 e. The zero-order valence-corrected chi connectivity index (χ0v) is 11.9. The van der Waals surface area contributed by atoms with Gasteiger partial charge in [0.1, 0.15) is 0 Å². The Hall–Kier alpha value is -1.53. The van der Waals surface area contributed by atoms with Gasteiger partial charge in [-0.2, -0.15) is 4.99 Å². The third kappa shape index (κ3) is 2.81. The van der Waals surface area contributed by atoms with Crippen molar-refractivity contribution in [3.63, 3.8) is 0 Å². The molecule has 0 radical (unpaired) electrons. The van der Waals surface area contributed by atoms with Crippen molar-refractivity contribution < 1.29 is 0 Å². The molecule has 1 aliphatic carbocycles. The monoisotopic (exact) mass is 274 g/mol. The van der Waals surface area contributed by atoms with E-state index in [1.54, 1.807) is 6.92 Å². The van der Waals surface area contributed by atoms with Crippen LogP contribution in [0, 0.1) is 0 Å². The highest BCUT2D eigenvalue weighted by atomic mass is 15.2. The topological polar surface area (TPSA) is 93.4 Å². The molecule has 1 aliphatic heterocycles. The second kappa shape index (κ2) is 5.46. The molecule has 6 nitrogen and oxygen atoms in total. The van der Waals surface area contributed by atoms with Crippen molar-refractivity contribution in [3.05, 3.63) is 17.5 Å². The highest BCUT2D eigenvalue weighted by molar-refractivity contribution is 5.79. The summed E-state index contributed by atoms with van der Waals surface area (Å²) in [6.45, 7) is 3.55. The van der Waals surface area contributed by atoms with Gasteiger partial charge in [0.2, 0.25) is 0 Å². The second-order valence-electron chi connectivity index (χ2n) is 5.88. The molecule has 0 amide bonds. The standard InChI is InChI=1S/C14H22N6/c1-9(15)18-14-17-6-10-7-20(8-13(10)19-14)12-4-2-3-11(16)5-12/h6,11-12H,2-5,7-8,16H2,1H3,(H2,15,17,18,19). The maximum absolute atomic E-state index is 6.09. The van der Waals surface area contributed by atoms with E-state index >= 15 is 0 Å². The molecule has 0 spiro atoms. The maximum Gasteiger partial charge on any atom is 0.251 e. The van der Waals surface area contributed by atoms with Crippen LogP contribution >= 0.6 is 0 Å². The van der Waals surface area contributed by atoms with E-state index in [9.17, 15) is 0 Å². The lowest BCUT2D eigenvalue weighted by atomic mass is 9.91. The Labute approximate surface area is 119 Å². The lowest BCUT2D eigenvalue weighted by molar-refractivity contribution is 0.146. The molecule has 1 aromatic heterocycles. The van der Waals surface area contributed by atoms with E-state index in [0.717, 1.165) is 31.6 Å². The summed E-state index contributed by atoms with van der Waals surface area (Å²) in [4.78, 5) is 15.4. The molecule has 1 fully saturated rings. The second-order valence-corrected chi connectivity index (χ2v) is 5.88. The summed E-state index contributed by atoms with van der Waals surface area (Å²) in [5, 5.41) is 0. The maximum atomic E-state index is 6.09. The van der Waals surface area contributed by atoms with Gasteiger partial charge >= 0.3 is 0 Å². The molecule has 2 atom stereocenters. The first-order valence-electron chi connectivity index (χ1n) is 7.27. The van der Waals surface area contributed by atoms with Crippen molar-refractivity contribution >= 4 is 11.8 Å². The van der Waals surface area contributed by atoms with E-state index in [4.69, 9.17) is 11.5 Å². The van der Waals surface area contributed by atoms with Gasteiger partial charge in [0.15, 0.2) is 0 Å². The minimum absolute atomic E-state index is 0.351. The van der Waals surface area contributed by atoms with Crippen LogP contribution in [0.15, 0.2) is 11.2 Å². The molecule has 2 aliphatic rings. The predicted octanol–water partition coefficient (Wildman–Crippen LogP) is 1.07. The van der Waals surface area contributed by atoms with Gasteiger partial charge in [0, 0.05) is 36.9 Å². The van der Waals surface area contributed by atoms with E-state index in [-0.39, 0.29) is 0 Å². The van der Waals surface area contributed by atoms with Crippen molar-refractivity contribution in [1.82, 2.24) is 14.9 Å². The zero-order chi connectivity index (χ0) is 14.1. The van der Waals surface area contributed by atoms with Crippen LogP contribution in [0.2, 0.25) is 0 Å². The first-order valence-corrected chi connectivity index (χ1v) is 7.27. The highest BCUT2D eigenvalue weighted by Gasteiger charge is 2.30. The Balaban J connectivity index is 1.73. The van der Waals surface area contributed by atoms with Crippen LogP contribution in [0.3, 0.4) is 0 Å². The molecule has 2 heterocycles. The van der Waals surface area contributed by atoms with Crippen molar-refractivity contribution in [2.75, 3.05) is 0 Å². The summed E-state index contributed by atoms with van der Waals surface area (Å²) >= 11 is 0. The first kappa shape index (κ1) is 13.5. The molecular weight excluding hydrogens is 252 g/mol. The van der Waals surface area contributed by atoms with Gasteiger partial charge in [-0.15, -0.1) is 0 Å². The molecular formula is C14H22N6. The fourth-order valence-corrected chi connectivity index (χ4v) is 3.17. The fourth-order valence-electron chi connectivity index (χ4n) is 3.17. The van der Waals surface area contributed by atoms with E-state index < -0.39 is 0 Å². The molecule has 0 aromatic carbocycles. The van der Waals surface area contributed by atoms with Crippen molar-refractivity contribution in [3.8, 4) is 0 Å². The highest BCUT2D eigenvalue weighted by Crippen LogP contribution is 2.30. The van der Waals surface area contributed by atoms with Crippen LogP contribution in [0.1, 0.15) is 43.9 Å². The zero-order valence-electron chi connectivity index (χ0n) is 11.9. The Bertz CT molecular complexity index is 522. The van der Waals surface area contributed by atoms with Crippen LogP contribution in [-0.4, -0.2) is 32.8 Å². The molecule has 1 saturated carbocycles. The molecule has 0 bridgehead atoms. The minimum Gasteiger partial charge on any atom is -0.387 e. The molecule has 3 rings (SSSR count). The van der Waals surface area contributed by atoms with Crippen LogP contribution in [0.25, 0.3) is 0 Å². The number of rotatable bonds is 2. The first-order chi connectivity index (χ1) is 9.61. The van der Waals surface area contributed by atoms with Crippen LogP contribution in [0.4, 0.5) is 5.95 Å². The molecule has 4 N–H and O–H groups in total. The minimum atomic E-state index is 0.351. The van der Waals surface area contributed by atoms with Crippen molar-refractivity contribution in [2.24, 2.45) is 16.5 Å². The van der Waals surface area contributed by atoms with Gasteiger partial charge < -0.3 is 11.5 Å². The largest absolute Gasteiger partial charge is 0.387 e. The number of hydrogen-bond donors (Lipinski definition) is 2. The summed E-state index contributed by atoms with van der Waals surface area (Å²) in [6.07, 6.45) is 6.60. The van der Waals surface area contributed by atoms with E-state index in [1.807, 2.05) is 6.20 Å². The molecule has 108 valence electrons. The normalized spacial score (nSPS) is 27.6. The van der Waals surface area contributed by atoms with Crippen molar-refractivity contribution in [1.29, 1.82) is 0 Å². The van der Waals surface area contributed by atoms with Gasteiger partial charge in [-0.25, -0.2) is 9.97 Å². The third-order valence-corrected chi connectivity index (χ3v) is 4.15. The number of aromatic nitrogens is 2. The fraction of sp³-hybridized carbons (Fsp3) is 0.643. The van der Waals surface area contributed by atoms with Gasteiger partial charge in [-0.05, 0) is 26.2 Å². The number of amidine groups is 1. The molecule has 0 saturated heterocycles. The van der Waals surface area contributed by atoms with Gasteiger partial charge in [-0.1, -0.05) is 6.42 Å². The SMILES string of the molecule is C/C(N)=N/c1ncc2c(n1)CN(C1CCCC(N)C1)C2. The lowest BCUT2D eigenvalue weighted by Gasteiger charge is -2.33. The molecule has 2 unspecified atom stereocenters. The van der Waals surface area contributed by atoms with E-state index in [1.165, 1.54) is 18.4 Å².